The molecule has 1 aromatic carbocycles. The maximum Gasteiger partial charge on any atom is 0.282 e. The van der Waals surface area contributed by atoms with Crippen LogP contribution in [-0.2, 0) is 9.59 Å². The van der Waals surface area contributed by atoms with Gasteiger partial charge in [0.05, 0.1) is 5.69 Å². The second kappa shape index (κ2) is 7.30. The van der Waals surface area contributed by atoms with E-state index < -0.39 is 29.0 Å². The van der Waals surface area contributed by atoms with E-state index in [1.807, 2.05) is 6.92 Å². The number of nitrogens with zero attached hydrogens (tertiary/aromatic N) is 2. The Kier molecular flexibility index (Phi) is 5.07. The SMILES string of the molecule is CCCCN1C(=O)[C@@](C)(C(=O)Nc2ccc(F)cc2F)Oc2cccnc21. The first kappa shape index (κ1) is 18.8. The van der Waals surface area contributed by atoms with Crippen LogP contribution < -0.4 is 15.0 Å². The van der Waals surface area contributed by atoms with E-state index in [1.54, 1.807) is 12.1 Å². The number of ether oxygens (including phenoxy) is 1. The number of carbonyl (C=O) groups excluding carboxylic acids is 2. The highest BCUT2D eigenvalue weighted by Crippen LogP contribution is 2.36. The van der Waals surface area contributed by atoms with Crippen molar-refractivity contribution in [2.75, 3.05) is 16.8 Å². The molecule has 0 spiro atoms. The van der Waals surface area contributed by atoms with Crippen LogP contribution in [0.5, 0.6) is 5.75 Å². The van der Waals surface area contributed by atoms with E-state index in [4.69, 9.17) is 4.74 Å². The molecule has 3 rings (SSSR count). The van der Waals surface area contributed by atoms with Crippen LogP contribution in [0, 0.1) is 11.6 Å². The van der Waals surface area contributed by atoms with Gasteiger partial charge in [-0.25, -0.2) is 13.8 Å². The zero-order chi connectivity index (χ0) is 19.6. The van der Waals surface area contributed by atoms with Crippen molar-refractivity contribution in [3.63, 3.8) is 0 Å². The summed E-state index contributed by atoms with van der Waals surface area (Å²) in [6.07, 6.45) is 3.09. The lowest BCUT2D eigenvalue weighted by molar-refractivity contribution is -0.145. The average molecular weight is 375 g/mol. The largest absolute Gasteiger partial charge is 0.464 e. The summed E-state index contributed by atoms with van der Waals surface area (Å²) < 4.78 is 32.6. The normalized spacial score (nSPS) is 18.7. The van der Waals surface area contributed by atoms with Crippen LogP contribution in [0.4, 0.5) is 20.3 Å². The molecule has 1 aromatic heterocycles. The first-order valence-corrected chi connectivity index (χ1v) is 8.59. The fourth-order valence-corrected chi connectivity index (χ4v) is 2.78. The summed E-state index contributed by atoms with van der Waals surface area (Å²) in [5.74, 6) is -2.54. The first-order chi connectivity index (χ1) is 12.9. The van der Waals surface area contributed by atoms with Gasteiger partial charge in [-0.1, -0.05) is 13.3 Å². The van der Waals surface area contributed by atoms with Gasteiger partial charge in [-0.05, 0) is 37.6 Å². The molecule has 2 aromatic rings. The third-order valence-electron chi connectivity index (χ3n) is 4.32. The van der Waals surface area contributed by atoms with Crippen molar-refractivity contribution >= 4 is 23.3 Å². The Bertz CT molecular complexity index is 890. The van der Waals surface area contributed by atoms with E-state index in [9.17, 15) is 18.4 Å². The molecule has 6 nitrogen and oxygen atoms in total. The molecule has 1 aliphatic heterocycles. The van der Waals surface area contributed by atoms with E-state index in [0.717, 1.165) is 18.6 Å². The maximum absolute atomic E-state index is 13.9. The van der Waals surface area contributed by atoms with Crippen LogP contribution in [0.3, 0.4) is 0 Å². The van der Waals surface area contributed by atoms with Gasteiger partial charge in [0.25, 0.3) is 17.4 Å². The average Bonchev–Trinajstić information content (AvgIpc) is 2.64. The molecular weight excluding hydrogens is 356 g/mol. The number of carbonyl (C=O) groups is 2. The molecule has 0 aliphatic carbocycles. The van der Waals surface area contributed by atoms with E-state index in [2.05, 4.69) is 10.3 Å². The lowest BCUT2D eigenvalue weighted by Crippen LogP contribution is -2.61. The van der Waals surface area contributed by atoms with Crippen molar-refractivity contribution in [1.29, 1.82) is 0 Å². The number of benzene rings is 1. The molecule has 2 amide bonds. The Labute approximate surface area is 155 Å². The predicted molar refractivity (Wildman–Crippen MR) is 95.5 cm³/mol. The van der Waals surface area contributed by atoms with Crippen molar-refractivity contribution in [1.82, 2.24) is 4.98 Å². The molecule has 0 fully saturated rings. The molecule has 0 saturated heterocycles. The zero-order valence-corrected chi connectivity index (χ0v) is 15.0. The molecule has 2 heterocycles. The Balaban J connectivity index is 1.93. The standard InChI is InChI=1S/C19H19F2N3O3/c1-3-4-10-24-16-15(6-5-9-22-16)27-19(2,18(24)26)17(25)23-14-8-7-12(20)11-13(14)21/h5-9,11H,3-4,10H2,1-2H3,(H,23,25)/t19-/m1/s1. The van der Waals surface area contributed by atoms with Crippen LogP contribution in [0.2, 0.25) is 0 Å². The van der Waals surface area contributed by atoms with E-state index in [-0.39, 0.29) is 11.4 Å². The predicted octanol–water partition coefficient (Wildman–Crippen LogP) is 3.28. The van der Waals surface area contributed by atoms with Crippen molar-refractivity contribution in [2.24, 2.45) is 0 Å². The fraction of sp³-hybridized carbons (Fsp3) is 0.316. The molecule has 1 aliphatic rings. The number of anilines is 2. The first-order valence-electron chi connectivity index (χ1n) is 8.59. The number of halogens is 2. The number of pyridine rings is 1. The summed E-state index contributed by atoms with van der Waals surface area (Å²) in [7, 11) is 0. The van der Waals surface area contributed by atoms with Gasteiger partial charge in [-0.3, -0.25) is 14.5 Å². The molecule has 0 saturated carbocycles. The summed E-state index contributed by atoms with van der Waals surface area (Å²) >= 11 is 0. The molecule has 1 atom stereocenters. The Morgan fingerprint density at radius 2 is 2.11 bits per heavy atom. The summed E-state index contributed by atoms with van der Waals surface area (Å²) in [6.45, 7) is 3.67. The second-order valence-corrected chi connectivity index (χ2v) is 6.35. The third-order valence-corrected chi connectivity index (χ3v) is 4.32. The van der Waals surface area contributed by atoms with Crippen LogP contribution >= 0.6 is 0 Å². The van der Waals surface area contributed by atoms with Crippen molar-refractivity contribution < 1.29 is 23.1 Å². The quantitative estimate of drug-likeness (QED) is 0.814. The van der Waals surface area contributed by atoms with Gasteiger partial charge in [0, 0.05) is 18.8 Å². The minimum atomic E-state index is -1.91. The number of unbranched alkanes of at least 4 members (excludes halogenated alkanes) is 1. The van der Waals surface area contributed by atoms with Crippen molar-refractivity contribution in [3.8, 4) is 5.75 Å². The second-order valence-electron chi connectivity index (χ2n) is 6.35. The summed E-state index contributed by atoms with van der Waals surface area (Å²) in [5, 5.41) is 2.31. The number of rotatable bonds is 5. The minimum absolute atomic E-state index is 0.240. The topological polar surface area (TPSA) is 71.5 Å². The number of fused-ring (bicyclic) bond motifs is 1. The highest BCUT2D eigenvalue weighted by Gasteiger charge is 2.51. The smallest absolute Gasteiger partial charge is 0.282 e. The van der Waals surface area contributed by atoms with Crippen molar-refractivity contribution in [2.45, 2.75) is 32.3 Å². The Morgan fingerprint density at radius 3 is 2.81 bits per heavy atom. The minimum Gasteiger partial charge on any atom is -0.464 e. The Morgan fingerprint density at radius 1 is 1.33 bits per heavy atom. The molecule has 0 bridgehead atoms. The summed E-state index contributed by atoms with van der Waals surface area (Å²) in [5.41, 5.74) is -2.15. The van der Waals surface area contributed by atoms with Crippen LogP contribution in [0.1, 0.15) is 26.7 Å². The summed E-state index contributed by atoms with van der Waals surface area (Å²) in [6, 6.07) is 5.98. The lowest BCUT2D eigenvalue weighted by atomic mass is 10.0. The Hall–Kier alpha value is -3.03. The number of nitrogens with one attached hydrogen (secondary N) is 1. The van der Waals surface area contributed by atoms with Gasteiger partial charge >= 0.3 is 0 Å². The van der Waals surface area contributed by atoms with Gasteiger partial charge in [-0.2, -0.15) is 0 Å². The molecule has 142 valence electrons. The van der Waals surface area contributed by atoms with Gasteiger partial charge in [0.2, 0.25) is 0 Å². The van der Waals surface area contributed by atoms with Gasteiger partial charge in [0.15, 0.2) is 11.6 Å². The van der Waals surface area contributed by atoms with E-state index >= 15 is 0 Å². The molecular formula is C19H19F2N3O3. The van der Waals surface area contributed by atoms with Gasteiger partial charge in [0.1, 0.15) is 11.6 Å². The maximum atomic E-state index is 13.9. The molecule has 1 N–H and O–H groups in total. The number of amides is 2. The molecule has 27 heavy (non-hydrogen) atoms. The fourth-order valence-electron chi connectivity index (χ4n) is 2.78. The van der Waals surface area contributed by atoms with E-state index in [1.165, 1.54) is 18.0 Å². The number of hydrogen-bond donors (Lipinski definition) is 1. The third kappa shape index (κ3) is 3.47. The van der Waals surface area contributed by atoms with Gasteiger partial charge in [-0.15, -0.1) is 0 Å². The van der Waals surface area contributed by atoms with Crippen LogP contribution in [-0.4, -0.2) is 28.9 Å². The lowest BCUT2D eigenvalue weighted by Gasteiger charge is -2.38. The zero-order valence-electron chi connectivity index (χ0n) is 15.0. The molecule has 8 heteroatoms. The number of aromatic nitrogens is 1. The van der Waals surface area contributed by atoms with Crippen LogP contribution in [0.25, 0.3) is 0 Å². The molecule has 0 radical (unpaired) electrons. The van der Waals surface area contributed by atoms with Crippen molar-refractivity contribution in [3.05, 3.63) is 48.2 Å². The monoisotopic (exact) mass is 375 g/mol. The number of hydrogen-bond acceptors (Lipinski definition) is 4. The highest BCUT2D eigenvalue weighted by molar-refractivity contribution is 6.19. The molecule has 0 unspecified atom stereocenters. The van der Waals surface area contributed by atoms with Crippen LogP contribution in [0.15, 0.2) is 36.5 Å². The highest BCUT2D eigenvalue weighted by atomic mass is 19.1. The van der Waals surface area contributed by atoms with Gasteiger partial charge < -0.3 is 10.1 Å². The summed E-state index contributed by atoms with van der Waals surface area (Å²) in [4.78, 5) is 31.4. The van der Waals surface area contributed by atoms with E-state index in [0.29, 0.717) is 24.8 Å².